The first-order valence-electron chi connectivity index (χ1n) is 11.4. The van der Waals surface area contributed by atoms with Crippen molar-refractivity contribution in [2.24, 2.45) is 0 Å². The number of carbonyl (C=O) groups is 1. The molecule has 11 heteroatoms. The number of aromatic nitrogens is 3. The monoisotopic (exact) mass is 496 g/mol. The van der Waals surface area contributed by atoms with Crippen molar-refractivity contribution < 1.29 is 34.7 Å². The molecule has 1 aliphatic heterocycles. The summed E-state index contributed by atoms with van der Waals surface area (Å²) < 4.78 is 12.5. The predicted octanol–water partition coefficient (Wildman–Crippen LogP) is 0.186. The minimum Gasteiger partial charge on any atom is -0.487 e. The number of nitrogens with one attached hydrogen (secondary N) is 1. The van der Waals surface area contributed by atoms with Crippen molar-refractivity contribution in [2.75, 3.05) is 13.2 Å². The molecule has 1 aliphatic rings. The standard InChI is InChI=1S/C25H28N4O7/c30-14-21-22(32)23(33)24(34)25(36-21)29-13-18(27-28-29)12-26-17(15-35-19-9-5-2-6-10-19)11-20(31)16-7-3-1-4-8-16/h1-11,13,21-26,30,32-34H,12,14-15H2/t21-,22-,23+,24-,25-/m1/s1. The summed E-state index contributed by atoms with van der Waals surface area (Å²) in [5, 5.41) is 50.8. The average Bonchev–Trinajstić information content (AvgIpc) is 3.39. The number of allylic oxidation sites excluding steroid dienone is 1. The molecule has 0 unspecified atom stereocenters. The van der Waals surface area contributed by atoms with E-state index in [1.54, 1.807) is 24.3 Å². The van der Waals surface area contributed by atoms with E-state index >= 15 is 0 Å². The van der Waals surface area contributed by atoms with E-state index in [0.717, 1.165) is 0 Å². The van der Waals surface area contributed by atoms with Gasteiger partial charge in [0.25, 0.3) is 0 Å². The number of ketones is 1. The lowest BCUT2D eigenvalue weighted by atomic mass is 9.98. The van der Waals surface area contributed by atoms with E-state index in [-0.39, 0.29) is 18.9 Å². The Morgan fingerprint density at radius 2 is 1.72 bits per heavy atom. The van der Waals surface area contributed by atoms with E-state index in [9.17, 15) is 25.2 Å². The van der Waals surface area contributed by atoms with Crippen molar-refractivity contribution in [1.82, 2.24) is 20.3 Å². The molecule has 36 heavy (non-hydrogen) atoms. The van der Waals surface area contributed by atoms with Gasteiger partial charge >= 0.3 is 0 Å². The molecule has 5 N–H and O–H groups in total. The average molecular weight is 497 g/mol. The van der Waals surface area contributed by atoms with Crippen LogP contribution in [0.4, 0.5) is 0 Å². The van der Waals surface area contributed by atoms with Gasteiger partial charge in [-0.15, -0.1) is 5.10 Å². The number of aliphatic hydroxyl groups excluding tert-OH is 4. The molecule has 190 valence electrons. The Balaban J connectivity index is 1.45. The quantitative estimate of drug-likeness (QED) is 0.194. The first-order valence-corrected chi connectivity index (χ1v) is 11.4. The summed E-state index contributed by atoms with van der Waals surface area (Å²) in [6.45, 7) is -0.275. The number of nitrogens with zero attached hydrogens (tertiary/aromatic N) is 3. The number of aliphatic hydroxyl groups is 4. The van der Waals surface area contributed by atoms with Crippen molar-refractivity contribution in [2.45, 2.75) is 37.2 Å². The molecule has 2 aromatic carbocycles. The lowest BCUT2D eigenvalue weighted by molar-refractivity contribution is -0.254. The van der Waals surface area contributed by atoms with Gasteiger partial charge in [0.15, 0.2) is 12.0 Å². The summed E-state index contributed by atoms with van der Waals surface area (Å²) >= 11 is 0. The fourth-order valence-corrected chi connectivity index (χ4v) is 3.69. The SMILES string of the molecule is O=C(C=C(COc1ccccc1)NCc1cn([C@@H]2O[C@H](CO)[C@@H](O)[C@H](O)[C@H]2O)nn1)c1ccccc1. The fourth-order valence-electron chi connectivity index (χ4n) is 3.69. The van der Waals surface area contributed by atoms with Gasteiger partial charge in [-0.3, -0.25) is 4.79 Å². The van der Waals surface area contributed by atoms with Gasteiger partial charge in [-0.25, -0.2) is 4.68 Å². The lowest BCUT2D eigenvalue weighted by Crippen LogP contribution is -2.56. The van der Waals surface area contributed by atoms with Crippen molar-refractivity contribution in [3.63, 3.8) is 0 Å². The number of carbonyl (C=O) groups excluding carboxylic acids is 1. The second kappa shape index (κ2) is 11.9. The van der Waals surface area contributed by atoms with E-state index in [2.05, 4.69) is 15.6 Å². The number of hydrogen-bond donors (Lipinski definition) is 5. The lowest BCUT2D eigenvalue weighted by Gasteiger charge is -2.39. The van der Waals surface area contributed by atoms with Gasteiger partial charge in [-0.1, -0.05) is 53.7 Å². The number of rotatable bonds is 10. The van der Waals surface area contributed by atoms with Crippen LogP contribution in [0.2, 0.25) is 0 Å². The molecule has 0 amide bonds. The van der Waals surface area contributed by atoms with E-state index in [1.165, 1.54) is 17.0 Å². The zero-order chi connectivity index (χ0) is 25.5. The van der Waals surface area contributed by atoms with Crippen molar-refractivity contribution in [3.05, 3.63) is 89.9 Å². The predicted molar refractivity (Wildman–Crippen MR) is 127 cm³/mol. The highest BCUT2D eigenvalue weighted by Gasteiger charge is 2.44. The van der Waals surface area contributed by atoms with Gasteiger partial charge in [-0.2, -0.15) is 0 Å². The van der Waals surface area contributed by atoms with E-state index in [4.69, 9.17) is 9.47 Å². The fraction of sp³-hybridized carbons (Fsp3) is 0.320. The second-order valence-corrected chi connectivity index (χ2v) is 8.26. The normalized spacial score (nSPS) is 24.3. The van der Waals surface area contributed by atoms with Gasteiger partial charge in [-0.05, 0) is 12.1 Å². The molecule has 5 atom stereocenters. The molecule has 0 bridgehead atoms. The summed E-state index contributed by atoms with van der Waals surface area (Å²) in [5.74, 6) is 0.450. The number of benzene rings is 2. The molecule has 11 nitrogen and oxygen atoms in total. The maximum absolute atomic E-state index is 12.7. The van der Waals surface area contributed by atoms with Gasteiger partial charge in [0.05, 0.1) is 25.0 Å². The summed E-state index contributed by atoms with van der Waals surface area (Å²) in [7, 11) is 0. The molecular formula is C25H28N4O7. The molecule has 1 fully saturated rings. The Bertz CT molecular complexity index is 1150. The van der Waals surface area contributed by atoms with E-state index < -0.39 is 37.3 Å². The Hall–Kier alpha value is -3.61. The molecule has 1 saturated heterocycles. The zero-order valence-corrected chi connectivity index (χ0v) is 19.3. The van der Waals surface area contributed by atoms with Crippen LogP contribution < -0.4 is 10.1 Å². The largest absolute Gasteiger partial charge is 0.487 e. The van der Waals surface area contributed by atoms with Gasteiger partial charge < -0.3 is 35.2 Å². The van der Waals surface area contributed by atoms with Crippen LogP contribution in [0.5, 0.6) is 5.75 Å². The Morgan fingerprint density at radius 1 is 1.03 bits per heavy atom. The number of ether oxygens (including phenoxy) is 2. The molecule has 2 heterocycles. The first kappa shape index (κ1) is 25.5. The number of para-hydroxylation sites is 1. The summed E-state index contributed by atoms with van der Waals surface area (Å²) in [4.78, 5) is 12.7. The van der Waals surface area contributed by atoms with Crippen LogP contribution in [0.3, 0.4) is 0 Å². The molecule has 1 aromatic heterocycles. The Labute approximate surface area is 207 Å². The van der Waals surface area contributed by atoms with Crippen molar-refractivity contribution in [1.29, 1.82) is 0 Å². The maximum Gasteiger partial charge on any atom is 0.187 e. The third-order valence-corrected chi connectivity index (χ3v) is 5.68. The topological polar surface area (TPSA) is 159 Å². The van der Waals surface area contributed by atoms with Crippen molar-refractivity contribution in [3.8, 4) is 5.75 Å². The van der Waals surface area contributed by atoms with Crippen LogP contribution in [0.15, 0.2) is 78.6 Å². The Kier molecular flexibility index (Phi) is 8.41. The first-order chi connectivity index (χ1) is 17.5. The van der Waals surface area contributed by atoms with Gasteiger partial charge in [0, 0.05) is 11.6 Å². The van der Waals surface area contributed by atoms with E-state index in [0.29, 0.717) is 22.7 Å². The van der Waals surface area contributed by atoms with Gasteiger partial charge in [0.2, 0.25) is 0 Å². The smallest absolute Gasteiger partial charge is 0.187 e. The highest BCUT2D eigenvalue weighted by atomic mass is 16.6. The summed E-state index contributed by atoms with van der Waals surface area (Å²) in [5.41, 5.74) is 1.49. The molecule has 0 saturated carbocycles. The van der Waals surface area contributed by atoms with Gasteiger partial charge in [0.1, 0.15) is 42.5 Å². The van der Waals surface area contributed by atoms with E-state index in [1.807, 2.05) is 36.4 Å². The van der Waals surface area contributed by atoms with Crippen LogP contribution in [-0.4, -0.2) is 78.8 Å². The molecule has 0 aliphatic carbocycles. The molecule has 0 radical (unpaired) electrons. The van der Waals surface area contributed by atoms with Crippen LogP contribution in [-0.2, 0) is 11.3 Å². The van der Waals surface area contributed by atoms with Crippen LogP contribution in [0, 0.1) is 0 Å². The minimum atomic E-state index is -1.53. The summed E-state index contributed by atoms with van der Waals surface area (Å²) in [6, 6.07) is 18.0. The third-order valence-electron chi connectivity index (χ3n) is 5.68. The maximum atomic E-state index is 12.7. The minimum absolute atomic E-state index is 0.101. The highest BCUT2D eigenvalue weighted by Crippen LogP contribution is 2.27. The highest BCUT2D eigenvalue weighted by molar-refractivity contribution is 6.04. The third kappa shape index (κ3) is 6.14. The molecule has 3 aromatic rings. The molecular weight excluding hydrogens is 468 g/mol. The van der Waals surface area contributed by atoms with Crippen LogP contribution in [0.25, 0.3) is 0 Å². The second-order valence-electron chi connectivity index (χ2n) is 8.26. The zero-order valence-electron chi connectivity index (χ0n) is 19.3. The summed E-state index contributed by atoms with van der Waals surface area (Å²) in [6.07, 6.45) is -3.74. The molecule has 0 spiro atoms. The van der Waals surface area contributed by atoms with Crippen LogP contribution in [0.1, 0.15) is 22.3 Å². The van der Waals surface area contributed by atoms with Crippen LogP contribution >= 0.6 is 0 Å². The number of hydrogen-bond acceptors (Lipinski definition) is 10. The Morgan fingerprint density at radius 3 is 2.42 bits per heavy atom. The van der Waals surface area contributed by atoms with Crippen molar-refractivity contribution >= 4 is 5.78 Å². The molecule has 4 rings (SSSR count).